The van der Waals surface area contributed by atoms with Crippen LogP contribution in [-0.2, 0) is 14.9 Å². The number of hydrogen-bond donors (Lipinski definition) is 1. The van der Waals surface area contributed by atoms with Crippen LogP contribution in [0.5, 0.6) is 0 Å². The fourth-order valence-corrected chi connectivity index (χ4v) is 6.65. The molecule has 2 aromatic carbocycles. The summed E-state index contributed by atoms with van der Waals surface area (Å²) in [6.07, 6.45) is 5.50. The summed E-state index contributed by atoms with van der Waals surface area (Å²) in [5.74, 6) is -0.536. The molecule has 6 nitrogen and oxygen atoms in total. The van der Waals surface area contributed by atoms with Crippen molar-refractivity contribution in [2.75, 3.05) is 13.1 Å². The van der Waals surface area contributed by atoms with E-state index in [0.717, 1.165) is 38.5 Å². The number of sulfonamides is 1. The topological polar surface area (TPSA) is 75.7 Å². The molecule has 2 aromatic rings. The number of piperidine rings is 1. The number of carbonyl (C=O) groups excluding carboxylic acids is 1. The molecular weight excluding hydrogens is 456 g/mol. The van der Waals surface area contributed by atoms with Gasteiger partial charge in [0.05, 0.1) is 16.6 Å². The van der Waals surface area contributed by atoms with Crippen LogP contribution in [0.25, 0.3) is 0 Å². The van der Waals surface area contributed by atoms with Crippen LogP contribution in [0.3, 0.4) is 0 Å². The first-order chi connectivity index (χ1) is 15.9. The van der Waals surface area contributed by atoms with Crippen molar-refractivity contribution in [1.29, 1.82) is 0 Å². The lowest BCUT2D eigenvalue weighted by Gasteiger charge is -2.31. The molecule has 1 fully saturated rings. The van der Waals surface area contributed by atoms with Gasteiger partial charge in [-0.2, -0.15) is 4.31 Å². The molecule has 1 aliphatic rings. The molecule has 0 spiro atoms. The highest BCUT2D eigenvalue weighted by molar-refractivity contribution is 8.00. The number of benzene rings is 2. The molecule has 1 saturated heterocycles. The predicted molar refractivity (Wildman–Crippen MR) is 133 cm³/mol. The van der Waals surface area contributed by atoms with Gasteiger partial charge in [0.25, 0.3) is 5.91 Å². The van der Waals surface area contributed by atoms with Gasteiger partial charge >= 0.3 is 0 Å². The van der Waals surface area contributed by atoms with E-state index in [0.29, 0.717) is 18.3 Å². The van der Waals surface area contributed by atoms with E-state index in [-0.39, 0.29) is 16.6 Å². The molecule has 0 saturated carbocycles. The minimum atomic E-state index is -3.78. The highest BCUT2D eigenvalue weighted by Crippen LogP contribution is 2.32. The van der Waals surface area contributed by atoms with E-state index in [1.807, 2.05) is 25.1 Å². The van der Waals surface area contributed by atoms with Gasteiger partial charge in [-0.3, -0.25) is 9.63 Å². The van der Waals surface area contributed by atoms with Gasteiger partial charge in [-0.05, 0) is 50.5 Å². The Balaban J connectivity index is 1.61. The summed E-state index contributed by atoms with van der Waals surface area (Å²) in [4.78, 5) is 19.5. The first-order valence-corrected chi connectivity index (χ1v) is 14.0. The highest BCUT2D eigenvalue weighted by atomic mass is 32.2. The number of unbranched alkanes of at least 4 members (excludes halogenated alkanes) is 2. The smallest absolute Gasteiger partial charge is 0.270 e. The van der Waals surface area contributed by atoms with E-state index in [1.165, 1.54) is 21.3 Å². The molecule has 3 rings (SSSR count). The zero-order valence-corrected chi connectivity index (χ0v) is 21.0. The number of amides is 1. The monoisotopic (exact) mass is 490 g/mol. The van der Waals surface area contributed by atoms with Gasteiger partial charge in [-0.25, -0.2) is 13.9 Å². The Morgan fingerprint density at radius 1 is 1.09 bits per heavy atom. The molecule has 180 valence electrons. The van der Waals surface area contributed by atoms with Gasteiger partial charge in [-0.1, -0.05) is 56.5 Å². The third-order valence-corrected chi connectivity index (χ3v) is 9.07. The second kappa shape index (κ2) is 12.6. The van der Waals surface area contributed by atoms with Crippen LogP contribution in [0.1, 0.15) is 62.7 Å². The SMILES string of the molecule is CCCCCC(C)ONC(=O)c1ccccc1S(=O)(=O)N1CCC(Sc2ccccc2)CC1. The Kier molecular flexibility index (Phi) is 9.79. The maximum Gasteiger partial charge on any atom is 0.276 e. The molecule has 0 aliphatic carbocycles. The quantitative estimate of drug-likeness (QED) is 0.343. The van der Waals surface area contributed by atoms with Crippen molar-refractivity contribution in [2.24, 2.45) is 0 Å². The molecule has 8 heteroatoms. The molecule has 0 aromatic heterocycles. The predicted octanol–water partition coefficient (Wildman–Crippen LogP) is 5.26. The second-order valence-electron chi connectivity index (χ2n) is 8.39. The Hall–Kier alpha value is -1.87. The van der Waals surface area contributed by atoms with Crippen LogP contribution < -0.4 is 5.48 Å². The summed E-state index contributed by atoms with van der Waals surface area (Å²) in [7, 11) is -3.78. The summed E-state index contributed by atoms with van der Waals surface area (Å²) in [5, 5.41) is 0.375. The first kappa shape index (κ1) is 25.7. The second-order valence-corrected chi connectivity index (χ2v) is 11.7. The largest absolute Gasteiger partial charge is 0.276 e. The maximum absolute atomic E-state index is 13.4. The number of thioether (sulfide) groups is 1. The Morgan fingerprint density at radius 3 is 2.45 bits per heavy atom. The lowest BCUT2D eigenvalue weighted by molar-refractivity contribution is -0.0121. The number of nitrogens with one attached hydrogen (secondary N) is 1. The van der Waals surface area contributed by atoms with E-state index in [2.05, 4.69) is 24.5 Å². The minimum Gasteiger partial charge on any atom is -0.270 e. The van der Waals surface area contributed by atoms with Gasteiger partial charge in [0.15, 0.2) is 0 Å². The Bertz CT molecular complexity index is 990. The van der Waals surface area contributed by atoms with Crippen LogP contribution in [-0.4, -0.2) is 43.1 Å². The fraction of sp³-hybridized carbons (Fsp3) is 0.480. The standard InChI is InChI=1S/C25H34N2O4S2/c1-3-4-6-11-20(2)31-26-25(28)23-14-9-10-15-24(23)33(29,30)27-18-16-22(17-19-27)32-21-12-7-5-8-13-21/h5,7-10,12-15,20,22H,3-4,6,11,16-19H2,1-2H3,(H,26,28). The first-order valence-electron chi connectivity index (χ1n) is 11.7. The van der Waals surface area contributed by atoms with Crippen LogP contribution in [0, 0.1) is 0 Å². The molecular formula is C25H34N2O4S2. The van der Waals surface area contributed by atoms with Crippen molar-refractivity contribution >= 4 is 27.7 Å². The number of hydroxylamine groups is 1. The summed E-state index contributed by atoms with van der Waals surface area (Å²) in [5.41, 5.74) is 2.56. The number of carbonyl (C=O) groups is 1. The summed E-state index contributed by atoms with van der Waals surface area (Å²) in [6.45, 7) is 4.91. The van der Waals surface area contributed by atoms with Crippen LogP contribution in [0.4, 0.5) is 0 Å². The summed E-state index contributed by atoms with van der Waals surface area (Å²) < 4.78 is 28.3. The van der Waals surface area contributed by atoms with Crippen LogP contribution >= 0.6 is 11.8 Å². The third-order valence-electron chi connectivity index (χ3n) is 5.76. The summed E-state index contributed by atoms with van der Waals surface area (Å²) >= 11 is 1.80. The van der Waals surface area contributed by atoms with E-state index >= 15 is 0 Å². The van der Waals surface area contributed by atoms with Gasteiger partial charge in [0, 0.05) is 23.2 Å². The van der Waals surface area contributed by atoms with Crippen molar-refractivity contribution in [1.82, 2.24) is 9.79 Å². The number of nitrogens with zero attached hydrogens (tertiary/aromatic N) is 1. The molecule has 33 heavy (non-hydrogen) atoms. The van der Waals surface area contributed by atoms with Crippen molar-refractivity contribution < 1.29 is 18.0 Å². The zero-order chi connectivity index (χ0) is 23.7. The highest BCUT2D eigenvalue weighted by Gasteiger charge is 2.32. The molecule has 1 unspecified atom stereocenters. The fourth-order valence-electron chi connectivity index (χ4n) is 3.85. The molecule has 1 atom stereocenters. The molecule has 1 amide bonds. The van der Waals surface area contributed by atoms with Gasteiger partial charge in [0.2, 0.25) is 10.0 Å². The molecule has 1 aliphatic heterocycles. The molecule has 1 N–H and O–H groups in total. The minimum absolute atomic E-state index is 0.0268. The maximum atomic E-state index is 13.4. The van der Waals surface area contributed by atoms with Gasteiger partial charge in [-0.15, -0.1) is 11.8 Å². The van der Waals surface area contributed by atoms with Gasteiger partial charge in [0.1, 0.15) is 0 Å². The third kappa shape index (κ3) is 7.30. The van der Waals surface area contributed by atoms with Crippen LogP contribution in [0.2, 0.25) is 0 Å². The number of rotatable bonds is 11. The molecule has 0 bridgehead atoms. The average Bonchev–Trinajstić information content (AvgIpc) is 2.84. The normalized spacial score (nSPS) is 16.4. The lowest BCUT2D eigenvalue weighted by atomic mass is 10.1. The number of hydrogen-bond acceptors (Lipinski definition) is 5. The lowest BCUT2D eigenvalue weighted by Crippen LogP contribution is -2.40. The van der Waals surface area contributed by atoms with E-state index in [4.69, 9.17) is 4.84 Å². The molecule has 0 radical (unpaired) electrons. The van der Waals surface area contributed by atoms with Crippen LogP contribution in [0.15, 0.2) is 64.4 Å². The Labute approximate surface area is 202 Å². The molecule has 1 heterocycles. The zero-order valence-electron chi connectivity index (χ0n) is 19.4. The van der Waals surface area contributed by atoms with E-state index in [1.54, 1.807) is 23.9 Å². The Morgan fingerprint density at radius 2 is 1.76 bits per heavy atom. The van der Waals surface area contributed by atoms with Crippen molar-refractivity contribution in [3.8, 4) is 0 Å². The van der Waals surface area contributed by atoms with Crippen molar-refractivity contribution in [3.05, 3.63) is 60.2 Å². The average molecular weight is 491 g/mol. The van der Waals surface area contributed by atoms with Crippen molar-refractivity contribution in [2.45, 2.75) is 73.5 Å². The van der Waals surface area contributed by atoms with Gasteiger partial charge < -0.3 is 0 Å². The van der Waals surface area contributed by atoms with E-state index in [9.17, 15) is 13.2 Å². The van der Waals surface area contributed by atoms with Crippen molar-refractivity contribution in [3.63, 3.8) is 0 Å². The summed E-state index contributed by atoms with van der Waals surface area (Å²) in [6, 6.07) is 16.5. The van der Waals surface area contributed by atoms with E-state index < -0.39 is 15.9 Å².